The summed E-state index contributed by atoms with van der Waals surface area (Å²) in [6.45, 7) is 0. The molecule has 0 radical (unpaired) electrons. The number of hydrogen-bond acceptors (Lipinski definition) is 8. The third-order valence-electron chi connectivity index (χ3n) is 5.53. The summed E-state index contributed by atoms with van der Waals surface area (Å²) in [4.78, 5) is 78.9. The van der Waals surface area contributed by atoms with Gasteiger partial charge in [-0.1, -0.05) is 30.3 Å². The number of amides is 3. The van der Waals surface area contributed by atoms with E-state index in [0.717, 1.165) is 0 Å². The van der Waals surface area contributed by atoms with Crippen LogP contribution in [0.5, 0.6) is 0 Å². The molecule has 15 nitrogen and oxygen atoms in total. The summed E-state index contributed by atoms with van der Waals surface area (Å²) in [6, 6.07) is 2.84. The minimum atomic E-state index is -1.75. The normalized spacial score (nSPS) is 13.8. The van der Waals surface area contributed by atoms with Crippen LogP contribution in [0.15, 0.2) is 42.9 Å². The molecule has 4 unspecified atom stereocenters. The first-order valence-corrected chi connectivity index (χ1v) is 11.8. The molecule has 0 aliphatic rings. The summed E-state index contributed by atoms with van der Waals surface area (Å²) in [5, 5.41) is 34.2. The molecule has 0 saturated heterocycles. The van der Waals surface area contributed by atoms with E-state index in [4.69, 9.17) is 15.9 Å². The highest BCUT2D eigenvalue weighted by Gasteiger charge is 2.31. The molecule has 9 N–H and O–H groups in total. The van der Waals surface area contributed by atoms with Crippen molar-refractivity contribution in [3.05, 3.63) is 54.1 Å². The minimum absolute atomic E-state index is 0.0827. The van der Waals surface area contributed by atoms with Crippen molar-refractivity contribution in [2.45, 2.75) is 56.3 Å². The highest BCUT2D eigenvalue weighted by atomic mass is 16.4. The van der Waals surface area contributed by atoms with E-state index in [1.54, 1.807) is 30.3 Å². The number of nitrogens with two attached hydrogens (primary N) is 1. The second-order valence-electron chi connectivity index (χ2n) is 8.63. The van der Waals surface area contributed by atoms with Crippen molar-refractivity contribution in [1.82, 2.24) is 25.9 Å². The monoisotopic (exact) mass is 546 g/mol. The molecule has 0 saturated carbocycles. The number of hydrogen-bond donors (Lipinski definition) is 8. The Morgan fingerprint density at radius 2 is 1.41 bits per heavy atom. The highest BCUT2D eigenvalue weighted by Crippen LogP contribution is 2.07. The standard InChI is InChI=1S/C24H30N6O9/c25-15(6-7-19(31)32)21(35)28-17(9-14-11-26-12-27-14)23(37)29-16(8-13-4-2-1-3-5-13)22(36)30-18(24(38)39)10-20(33)34/h1-5,11-12,15-18H,6-10,25H2,(H,26,27)(H,28,35)(H,29,37)(H,30,36)(H,31,32)(H,33,34)(H,38,39). The zero-order valence-electron chi connectivity index (χ0n) is 20.7. The largest absolute Gasteiger partial charge is 0.481 e. The van der Waals surface area contributed by atoms with Gasteiger partial charge in [0.1, 0.15) is 18.1 Å². The van der Waals surface area contributed by atoms with E-state index in [1.807, 2.05) is 0 Å². The van der Waals surface area contributed by atoms with Crippen LogP contribution in [-0.4, -0.2) is 85.1 Å². The number of carboxylic acids is 3. The van der Waals surface area contributed by atoms with Gasteiger partial charge in [-0.3, -0.25) is 24.0 Å². The van der Waals surface area contributed by atoms with Crippen LogP contribution in [-0.2, 0) is 41.6 Å². The zero-order chi connectivity index (χ0) is 28.9. The van der Waals surface area contributed by atoms with Gasteiger partial charge in [-0.2, -0.15) is 0 Å². The Morgan fingerprint density at radius 1 is 0.821 bits per heavy atom. The molecule has 1 heterocycles. The fourth-order valence-electron chi connectivity index (χ4n) is 3.49. The van der Waals surface area contributed by atoms with E-state index in [1.165, 1.54) is 12.5 Å². The molecule has 2 rings (SSSR count). The summed E-state index contributed by atoms with van der Waals surface area (Å²) >= 11 is 0. The SMILES string of the molecule is NC(CCC(=O)O)C(=O)NC(Cc1cnc[nH]1)C(=O)NC(Cc1ccccc1)C(=O)NC(CC(=O)O)C(=O)O. The van der Waals surface area contributed by atoms with Crippen molar-refractivity contribution < 1.29 is 44.1 Å². The van der Waals surface area contributed by atoms with Gasteiger partial charge in [0.2, 0.25) is 17.7 Å². The number of carbonyl (C=O) groups excluding carboxylic acids is 3. The second kappa shape index (κ2) is 14.8. The van der Waals surface area contributed by atoms with Crippen molar-refractivity contribution in [2.75, 3.05) is 0 Å². The number of rotatable bonds is 16. The maximum absolute atomic E-state index is 13.3. The number of nitrogens with one attached hydrogen (secondary N) is 4. The number of aromatic nitrogens is 2. The fraction of sp³-hybridized carbons (Fsp3) is 0.375. The summed E-state index contributed by atoms with van der Waals surface area (Å²) in [5.41, 5.74) is 6.82. The maximum atomic E-state index is 13.3. The molecule has 4 atom stereocenters. The molecule has 15 heteroatoms. The molecule has 0 bridgehead atoms. The van der Waals surface area contributed by atoms with Crippen LogP contribution in [0.1, 0.15) is 30.5 Å². The minimum Gasteiger partial charge on any atom is -0.481 e. The predicted molar refractivity (Wildman–Crippen MR) is 133 cm³/mol. The van der Waals surface area contributed by atoms with Gasteiger partial charge in [0, 0.05) is 31.2 Å². The molecule has 1 aromatic carbocycles. The van der Waals surface area contributed by atoms with E-state index in [2.05, 4.69) is 25.9 Å². The van der Waals surface area contributed by atoms with Gasteiger partial charge in [0.25, 0.3) is 0 Å². The Bertz CT molecular complexity index is 1160. The number of nitrogens with zero attached hydrogens (tertiary/aromatic N) is 1. The first-order chi connectivity index (χ1) is 18.5. The topological polar surface area (TPSA) is 254 Å². The van der Waals surface area contributed by atoms with Gasteiger partial charge in [-0.25, -0.2) is 9.78 Å². The predicted octanol–water partition coefficient (Wildman–Crippen LogP) is -1.60. The van der Waals surface area contributed by atoms with Gasteiger partial charge in [0.05, 0.1) is 18.8 Å². The molecule has 0 aliphatic carbocycles. The number of benzene rings is 1. The molecule has 210 valence electrons. The van der Waals surface area contributed by atoms with Gasteiger partial charge in [-0.05, 0) is 12.0 Å². The Labute approximate surface area is 222 Å². The Balaban J connectivity index is 2.26. The van der Waals surface area contributed by atoms with Gasteiger partial charge in [-0.15, -0.1) is 0 Å². The smallest absolute Gasteiger partial charge is 0.326 e. The van der Waals surface area contributed by atoms with Gasteiger partial charge < -0.3 is 42.0 Å². The van der Waals surface area contributed by atoms with Crippen LogP contribution in [0.4, 0.5) is 0 Å². The van der Waals surface area contributed by atoms with E-state index in [0.29, 0.717) is 11.3 Å². The molecule has 3 amide bonds. The number of H-pyrrole nitrogens is 1. The molecular weight excluding hydrogens is 516 g/mol. The number of aliphatic carboxylic acids is 3. The molecule has 39 heavy (non-hydrogen) atoms. The molecule has 2 aromatic rings. The van der Waals surface area contributed by atoms with Crippen LogP contribution in [0, 0.1) is 0 Å². The van der Waals surface area contributed by atoms with E-state index < -0.39 is 66.2 Å². The number of aromatic amines is 1. The Hall–Kier alpha value is -4.79. The Morgan fingerprint density at radius 3 is 1.95 bits per heavy atom. The maximum Gasteiger partial charge on any atom is 0.326 e. The fourth-order valence-corrected chi connectivity index (χ4v) is 3.49. The summed E-state index contributed by atoms with van der Waals surface area (Å²) in [7, 11) is 0. The molecule has 1 aromatic heterocycles. The first-order valence-electron chi connectivity index (χ1n) is 11.8. The van der Waals surface area contributed by atoms with Crippen molar-refractivity contribution >= 4 is 35.6 Å². The average Bonchev–Trinajstić information content (AvgIpc) is 3.39. The molecule has 0 fully saturated rings. The average molecular weight is 547 g/mol. The van der Waals surface area contributed by atoms with E-state index in [-0.39, 0.29) is 25.7 Å². The third-order valence-corrected chi connectivity index (χ3v) is 5.53. The summed E-state index contributed by atoms with van der Waals surface area (Å²) in [5.74, 6) is -6.76. The van der Waals surface area contributed by atoms with Crippen LogP contribution >= 0.6 is 0 Å². The van der Waals surface area contributed by atoms with E-state index in [9.17, 15) is 33.9 Å². The lowest BCUT2D eigenvalue weighted by Crippen LogP contribution is -2.58. The van der Waals surface area contributed by atoms with Crippen molar-refractivity contribution in [3.8, 4) is 0 Å². The van der Waals surface area contributed by atoms with Crippen molar-refractivity contribution in [2.24, 2.45) is 5.73 Å². The van der Waals surface area contributed by atoms with E-state index >= 15 is 0 Å². The number of imidazole rings is 1. The third kappa shape index (κ3) is 10.6. The zero-order valence-corrected chi connectivity index (χ0v) is 20.7. The van der Waals surface area contributed by atoms with Gasteiger partial charge >= 0.3 is 17.9 Å². The summed E-state index contributed by atoms with van der Waals surface area (Å²) < 4.78 is 0. The quantitative estimate of drug-likeness (QED) is 0.119. The van der Waals surface area contributed by atoms with Crippen molar-refractivity contribution in [1.29, 1.82) is 0 Å². The van der Waals surface area contributed by atoms with Crippen LogP contribution in [0.3, 0.4) is 0 Å². The lowest BCUT2D eigenvalue weighted by atomic mass is 10.0. The lowest BCUT2D eigenvalue weighted by Gasteiger charge is -2.25. The molecular formula is C24H30N6O9. The first kappa shape index (κ1) is 30.4. The van der Waals surface area contributed by atoms with Crippen molar-refractivity contribution in [3.63, 3.8) is 0 Å². The lowest BCUT2D eigenvalue weighted by molar-refractivity contribution is -0.147. The Kier molecular flexibility index (Phi) is 11.6. The highest BCUT2D eigenvalue weighted by molar-refractivity contribution is 5.95. The van der Waals surface area contributed by atoms with Crippen LogP contribution in [0.25, 0.3) is 0 Å². The number of carbonyl (C=O) groups is 6. The van der Waals surface area contributed by atoms with Gasteiger partial charge in [0.15, 0.2) is 0 Å². The molecule has 0 aliphatic heterocycles. The second-order valence-corrected chi connectivity index (χ2v) is 8.63. The number of carboxylic acid groups (broad SMARTS) is 3. The summed E-state index contributed by atoms with van der Waals surface area (Å²) in [6.07, 6.45) is 1.14. The molecule has 0 spiro atoms. The van der Waals surface area contributed by atoms with Crippen LogP contribution in [0.2, 0.25) is 0 Å². The van der Waals surface area contributed by atoms with Crippen LogP contribution < -0.4 is 21.7 Å².